The lowest BCUT2D eigenvalue weighted by Crippen LogP contribution is -2.41. The summed E-state index contributed by atoms with van der Waals surface area (Å²) in [5.74, 6) is 0. The Bertz CT molecular complexity index is 382. The van der Waals surface area contributed by atoms with Crippen LogP contribution in [0.1, 0.15) is 80.6 Å². The van der Waals surface area contributed by atoms with Gasteiger partial charge in [-0.2, -0.15) is 0 Å². The molecular formula is C20H41F2NO4. The van der Waals surface area contributed by atoms with E-state index in [2.05, 4.69) is 0 Å². The van der Waals surface area contributed by atoms with E-state index >= 15 is 0 Å². The molecule has 7 heteroatoms. The highest BCUT2D eigenvalue weighted by Gasteiger charge is 2.29. The Labute approximate surface area is 164 Å². The smallest absolute Gasteiger partial charge is 0.410 e. The predicted octanol–water partition coefficient (Wildman–Crippen LogP) is 4.64. The highest BCUT2D eigenvalue weighted by Crippen LogP contribution is 2.20. The molecule has 1 amide bonds. The highest BCUT2D eigenvalue weighted by atomic mass is 19.1. The fourth-order valence-electron chi connectivity index (χ4n) is 2.84. The van der Waals surface area contributed by atoms with E-state index in [9.17, 15) is 18.7 Å². The van der Waals surface area contributed by atoms with Crippen molar-refractivity contribution in [1.29, 1.82) is 0 Å². The Morgan fingerprint density at radius 1 is 0.889 bits per heavy atom. The summed E-state index contributed by atoms with van der Waals surface area (Å²) in [7, 11) is 0. The van der Waals surface area contributed by atoms with E-state index in [1.165, 1.54) is 4.90 Å². The second-order valence-electron chi connectivity index (χ2n) is 7.97. The van der Waals surface area contributed by atoms with E-state index < -0.39 is 30.1 Å². The van der Waals surface area contributed by atoms with Crippen LogP contribution in [0.15, 0.2) is 0 Å². The van der Waals surface area contributed by atoms with Crippen LogP contribution in [-0.2, 0) is 4.74 Å². The minimum Gasteiger partial charge on any atom is -0.444 e. The van der Waals surface area contributed by atoms with Crippen molar-refractivity contribution in [2.24, 2.45) is 0 Å². The highest BCUT2D eigenvalue weighted by molar-refractivity contribution is 5.68. The number of alkyl halides is 2. The van der Waals surface area contributed by atoms with Crippen LogP contribution in [-0.4, -0.2) is 64.4 Å². The van der Waals surface area contributed by atoms with Gasteiger partial charge in [0, 0.05) is 0 Å². The van der Waals surface area contributed by atoms with Crippen LogP contribution in [0.4, 0.5) is 13.6 Å². The maximum atomic E-state index is 13.3. The lowest BCUT2D eigenvalue weighted by molar-refractivity contribution is 0.0147. The fraction of sp³-hybridized carbons (Fsp3) is 0.950. The van der Waals surface area contributed by atoms with Gasteiger partial charge >= 0.3 is 6.09 Å². The molecule has 27 heavy (non-hydrogen) atoms. The standard InChI is InChI=1S/C11H20FNO3.C7H13FO.2CH4/c1-11(2,3)16-10(15)13-6-8(12)4-5-9(14)7-13;8-6-2-1-3-7(9)5-4-6;;/h8-9,14H,4-7H2,1-3H3;6-7,9H,1-5H2;2*1H4. The van der Waals surface area contributed by atoms with Gasteiger partial charge in [-0.1, -0.05) is 14.9 Å². The third-order valence-electron chi connectivity index (χ3n) is 4.18. The third kappa shape index (κ3) is 13.0. The molecule has 0 spiro atoms. The van der Waals surface area contributed by atoms with Crippen LogP contribution < -0.4 is 0 Å². The molecule has 5 nitrogen and oxygen atoms in total. The zero-order valence-corrected chi connectivity index (χ0v) is 15.6. The Morgan fingerprint density at radius 3 is 2.04 bits per heavy atom. The van der Waals surface area contributed by atoms with Crippen LogP contribution in [0.2, 0.25) is 0 Å². The Kier molecular flexibility index (Phi) is 13.9. The number of rotatable bonds is 0. The van der Waals surface area contributed by atoms with Gasteiger partial charge in [0.2, 0.25) is 0 Å². The number of hydrogen-bond donors (Lipinski definition) is 2. The van der Waals surface area contributed by atoms with Crippen molar-refractivity contribution < 1.29 is 28.5 Å². The molecule has 164 valence electrons. The van der Waals surface area contributed by atoms with Crippen molar-refractivity contribution in [2.45, 2.75) is 111 Å². The number of hydrogen-bond acceptors (Lipinski definition) is 4. The van der Waals surface area contributed by atoms with Gasteiger partial charge in [-0.25, -0.2) is 13.6 Å². The SMILES string of the molecule is C.C.CC(C)(C)OC(=O)N1CC(O)CCC(F)C1.OC1CCCC(F)CC1. The number of nitrogens with zero attached hydrogens (tertiary/aromatic N) is 1. The number of halogens is 2. The monoisotopic (exact) mass is 397 g/mol. The average Bonchev–Trinajstić information content (AvgIpc) is 2.77. The summed E-state index contributed by atoms with van der Waals surface area (Å²) in [6.07, 6.45) is 1.00. The molecule has 0 aromatic rings. The zero-order valence-electron chi connectivity index (χ0n) is 15.6. The molecule has 1 aliphatic carbocycles. The Balaban J connectivity index is 0. The van der Waals surface area contributed by atoms with E-state index in [-0.39, 0.29) is 34.0 Å². The van der Waals surface area contributed by atoms with E-state index in [1.807, 2.05) is 0 Å². The first-order valence-corrected chi connectivity index (χ1v) is 9.19. The van der Waals surface area contributed by atoms with Crippen LogP contribution in [0.5, 0.6) is 0 Å². The summed E-state index contributed by atoms with van der Waals surface area (Å²) in [6, 6.07) is 0. The van der Waals surface area contributed by atoms with Gasteiger partial charge in [0.15, 0.2) is 0 Å². The first-order valence-electron chi connectivity index (χ1n) is 9.19. The van der Waals surface area contributed by atoms with Gasteiger partial charge in [-0.05, 0) is 65.7 Å². The molecule has 4 atom stereocenters. The number of β-amino-alcohol motifs (C(OH)–C–C–N with tert-alkyl or cyclic N) is 1. The average molecular weight is 398 g/mol. The second kappa shape index (κ2) is 13.3. The number of aliphatic hydroxyl groups excluding tert-OH is 2. The summed E-state index contributed by atoms with van der Waals surface area (Å²) in [6.45, 7) is 5.42. The topological polar surface area (TPSA) is 70.0 Å². The minimum absolute atomic E-state index is 0. The number of ether oxygens (including phenoxy) is 1. The molecule has 0 bridgehead atoms. The molecule has 1 aliphatic heterocycles. The molecule has 4 unspecified atom stereocenters. The summed E-state index contributed by atoms with van der Waals surface area (Å²) in [5.41, 5.74) is -0.597. The quantitative estimate of drug-likeness (QED) is 0.584. The second-order valence-corrected chi connectivity index (χ2v) is 7.97. The van der Waals surface area contributed by atoms with Gasteiger partial charge in [0.05, 0.1) is 25.3 Å². The number of likely N-dealkylation sites (tertiary alicyclic amines) is 1. The molecule has 2 N–H and O–H groups in total. The molecule has 1 saturated carbocycles. The van der Waals surface area contributed by atoms with Gasteiger partial charge in [-0.3, -0.25) is 0 Å². The Hall–Kier alpha value is -0.950. The summed E-state index contributed by atoms with van der Waals surface area (Å²) in [5, 5.41) is 18.5. The van der Waals surface area contributed by atoms with E-state index in [4.69, 9.17) is 9.84 Å². The molecule has 1 saturated heterocycles. The molecule has 2 aliphatic rings. The van der Waals surface area contributed by atoms with Crippen molar-refractivity contribution in [1.82, 2.24) is 4.90 Å². The number of carbonyl (C=O) groups is 1. The molecule has 2 fully saturated rings. The van der Waals surface area contributed by atoms with Crippen molar-refractivity contribution in [2.75, 3.05) is 13.1 Å². The zero-order chi connectivity index (χ0) is 19.0. The van der Waals surface area contributed by atoms with Gasteiger partial charge in [-0.15, -0.1) is 0 Å². The lowest BCUT2D eigenvalue weighted by Gasteiger charge is -2.27. The number of amides is 1. The van der Waals surface area contributed by atoms with Crippen LogP contribution in [0, 0.1) is 0 Å². The largest absolute Gasteiger partial charge is 0.444 e. The summed E-state index contributed by atoms with van der Waals surface area (Å²) < 4.78 is 30.9. The fourth-order valence-corrected chi connectivity index (χ4v) is 2.84. The van der Waals surface area contributed by atoms with Gasteiger partial charge in [0.25, 0.3) is 0 Å². The molecule has 0 aromatic heterocycles. The molecule has 0 radical (unpaired) electrons. The third-order valence-corrected chi connectivity index (χ3v) is 4.18. The molecular weight excluding hydrogens is 356 g/mol. The van der Waals surface area contributed by atoms with Crippen molar-refractivity contribution in [3.05, 3.63) is 0 Å². The lowest BCUT2D eigenvalue weighted by atomic mass is 10.2. The first kappa shape index (κ1) is 28.3. The molecule has 2 rings (SSSR count). The molecule has 1 heterocycles. The van der Waals surface area contributed by atoms with Crippen molar-refractivity contribution in [3.8, 4) is 0 Å². The Morgan fingerprint density at radius 2 is 1.44 bits per heavy atom. The summed E-state index contributed by atoms with van der Waals surface area (Å²) in [4.78, 5) is 12.9. The van der Waals surface area contributed by atoms with Crippen LogP contribution in [0.25, 0.3) is 0 Å². The first-order chi connectivity index (χ1) is 11.6. The van der Waals surface area contributed by atoms with Crippen molar-refractivity contribution >= 4 is 6.09 Å². The normalized spacial score (nSPS) is 28.9. The maximum absolute atomic E-state index is 13.3. The number of carbonyl (C=O) groups excluding carboxylic acids is 1. The van der Waals surface area contributed by atoms with E-state index in [0.29, 0.717) is 32.1 Å². The maximum Gasteiger partial charge on any atom is 0.410 e. The van der Waals surface area contributed by atoms with E-state index in [1.54, 1.807) is 20.8 Å². The molecule has 0 aromatic carbocycles. The van der Waals surface area contributed by atoms with Crippen LogP contribution in [0.3, 0.4) is 0 Å². The van der Waals surface area contributed by atoms with Crippen LogP contribution >= 0.6 is 0 Å². The van der Waals surface area contributed by atoms with Gasteiger partial charge < -0.3 is 19.8 Å². The van der Waals surface area contributed by atoms with Gasteiger partial charge in [0.1, 0.15) is 17.9 Å². The number of aliphatic hydroxyl groups is 2. The van der Waals surface area contributed by atoms with Crippen molar-refractivity contribution in [3.63, 3.8) is 0 Å². The predicted molar refractivity (Wildman–Crippen MR) is 105 cm³/mol. The summed E-state index contributed by atoms with van der Waals surface area (Å²) >= 11 is 0. The van der Waals surface area contributed by atoms with E-state index in [0.717, 1.165) is 12.8 Å². The minimum atomic E-state index is -1.08.